The molecule has 5 atom stereocenters. The molecular formula is C15H19NO4. The van der Waals surface area contributed by atoms with Crippen LogP contribution in [0.25, 0.3) is 0 Å². The van der Waals surface area contributed by atoms with Crippen LogP contribution < -0.4 is 0 Å². The van der Waals surface area contributed by atoms with E-state index in [9.17, 15) is 14.9 Å². The second-order valence-corrected chi connectivity index (χ2v) is 7.15. The molecule has 5 heteroatoms. The molecule has 2 saturated carbocycles. The van der Waals surface area contributed by atoms with E-state index in [0.29, 0.717) is 6.42 Å². The van der Waals surface area contributed by atoms with E-state index in [1.54, 1.807) is 20.8 Å². The molecule has 0 amide bonds. The van der Waals surface area contributed by atoms with E-state index in [1.165, 1.54) is 0 Å². The van der Waals surface area contributed by atoms with Crippen LogP contribution >= 0.6 is 0 Å². The summed E-state index contributed by atoms with van der Waals surface area (Å²) in [6.07, 6.45) is 1.48. The van der Waals surface area contributed by atoms with Crippen LogP contribution in [0.3, 0.4) is 0 Å². The van der Waals surface area contributed by atoms with Crippen molar-refractivity contribution in [2.45, 2.75) is 52.2 Å². The molecule has 3 rings (SSSR count). The van der Waals surface area contributed by atoms with Gasteiger partial charge in [-0.2, -0.15) is 5.26 Å². The van der Waals surface area contributed by atoms with E-state index in [4.69, 9.17) is 9.47 Å². The van der Waals surface area contributed by atoms with Crippen LogP contribution in [0.15, 0.2) is 0 Å². The Morgan fingerprint density at radius 2 is 2.20 bits per heavy atom. The van der Waals surface area contributed by atoms with Crippen LogP contribution in [-0.4, -0.2) is 24.1 Å². The summed E-state index contributed by atoms with van der Waals surface area (Å²) in [5.74, 6) is -0.705. The monoisotopic (exact) mass is 277 g/mol. The molecule has 2 aliphatic carbocycles. The number of hydrogen-bond acceptors (Lipinski definition) is 5. The first kappa shape index (κ1) is 13.4. The molecule has 5 nitrogen and oxygen atoms in total. The van der Waals surface area contributed by atoms with E-state index >= 15 is 0 Å². The molecule has 0 aromatic rings. The Bertz CT molecular complexity index is 515. The third-order valence-electron chi connectivity index (χ3n) is 4.90. The molecule has 0 aromatic carbocycles. The smallest absolute Gasteiger partial charge is 0.327 e. The zero-order chi connectivity index (χ0) is 14.7. The van der Waals surface area contributed by atoms with Crippen molar-refractivity contribution in [3.63, 3.8) is 0 Å². The lowest BCUT2D eigenvalue weighted by molar-refractivity contribution is -0.203. The second-order valence-electron chi connectivity index (χ2n) is 7.15. The fourth-order valence-corrected chi connectivity index (χ4v) is 3.76. The number of ether oxygens (including phenoxy) is 2. The molecule has 20 heavy (non-hydrogen) atoms. The number of carbonyl (C=O) groups is 2. The summed E-state index contributed by atoms with van der Waals surface area (Å²) in [4.78, 5) is 24.1. The minimum atomic E-state index is -0.988. The first-order valence-electron chi connectivity index (χ1n) is 7.15. The molecular weight excluding hydrogens is 258 g/mol. The molecule has 3 fully saturated rings. The van der Waals surface area contributed by atoms with Gasteiger partial charge in [-0.1, -0.05) is 6.42 Å². The molecule has 0 aromatic heterocycles. The van der Waals surface area contributed by atoms with Gasteiger partial charge in [0.1, 0.15) is 12.2 Å². The summed E-state index contributed by atoms with van der Waals surface area (Å²) in [6.45, 7) is 5.39. The molecule has 0 N–H and O–H groups in total. The van der Waals surface area contributed by atoms with Crippen LogP contribution in [-0.2, 0) is 19.1 Å². The highest BCUT2D eigenvalue weighted by atomic mass is 16.6. The largest absolute Gasteiger partial charge is 0.458 e. The molecule has 1 saturated heterocycles. The van der Waals surface area contributed by atoms with Crippen molar-refractivity contribution in [3.8, 4) is 6.07 Å². The number of esters is 2. The second kappa shape index (κ2) is 3.97. The van der Waals surface area contributed by atoms with E-state index in [2.05, 4.69) is 6.07 Å². The lowest BCUT2D eigenvalue weighted by Crippen LogP contribution is -2.61. The normalized spacial score (nSPS) is 42.0. The van der Waals surface area contributed by atoms with Crippen LogP contribution in [0, 0.1) is 34.0 Å². The summed E-state index contributed by atoms with van der Waals surface area (Å²) in [7, 11) is 0. The quantitative estimate of drug-likeness (QED) is 0.683. The van der Waals surface area contributed by atoms with Gasteiger partial charge in [0, 0.05) is 11.8 Å². The van der Waals surface area contributed by atoms with Crippen LogP contribution in [0.2, 0.25) is 0 Å². The Balaban J connectivity index is 1.82. The fraction of sp³-hybridized carbons (Fsp3) is 0.800. The Kier molecular flexibility index (Phi) is 2.66. The minimum absolute atomic E-state index is 0.0890. The van der Waals surface area contributed by atoms with Crippen molar-refractivity contribution in [2.24, 2.45) is 22.7 Å². The van der Waals surface area contributed by atoms with Gasteiger partial charge in [-0.05, 0) is 33.6 Å². The predicted octanol–water partition coefficient (Wildman–Crippen LogP) is 1.81. The molecule has 0 spiro atoms. The molecule has 0 bridgehead atoms. The van der Waals surface area contributed by atoms with Crippen molar-refractivity contribution in [1.29, 1.82) is 5.26 Å². The van der Waals surface area contributed by atoms with Gasteiger partial charge in [0.25, 0.3) is 0 Å². The standard InChI is InChI=1S/C15H19NO4/c1-14(2,3)12(17)19-10-8-5-4-6-15(7-16)9(8)11(10)20-13(15)18/h8-11H,4-6H2,1-3H3. The molecule has 3 aliphatic rings. The number of nitrogens with zero attached hydrogens (tertiary/aromatic N) is 1. The third-order valence-corrected chi connectivity index (χ3v) is 4.90. The van der Waals surface area contributed by atoms with Gasteiger partial charge < -0.3 is 9.47 Å². The van der Waals surface area contributed by atoms with Gasteiger partial charge >= 0.3 is 11.9 Å². The van der Waals surface area contributed by atoms with Crippen LogP contribution in [0.1, 0.15) is 40.0 Å². The van der Waals surface area contributed by atoms with Gasteiger partial charge in [-0.15, -0.1) is 0 Å². The summed E-state index contributed by atoms with van der Waals surface area (Å²) < 4.78 is 10.9. The third kappa shape index (κ3) is 1.54. The Labute approximate surface area is 118 Å². The fourth-order valence-electron chi connectivity index (χ4n) is 3.76. The average Bonchev–Trinajstić information content (AvgIpc) is 2.67. The van der Waals surface area contributed by atoms with E-state index in [-0.39, 0.29) is 23.9 Å². The van der Waals surface area contributed by atoms with Crippen molar-refractivity contribution in [3.05, 3.63) is 0 Å². The maximum absolute atomic E-state index is 12.0. The van der Waals surface area contributed by atoms with E-state index in [1.807, 2.05) is 0 Å². The zero-order valence-corrected chi connectivity index (χ0v) is 12.0. The molecule has 108 valence electrons. The summed E-state index contributed by atoms with van der Waals surface area (Å²) >= 11 is 0. The van der Waals surface area contributed by atoms with E-state index in [0.717, 1.165) is 12.8 Å². The number of nitriles is 1. The summed E-state index contributed by atoms with van der Waals surface area (Å²) in [6, 6.07) is 2.18. The van der Waals surface area contributed by atoms with Gasteiger partial charge in [0.05, 0.1) is 11.5 Å². The van der Waals surface area contributed by atoms with Gasteiger partial charge in [-0.25, -0.2) is 0 Å². The lowest BCUT2D eigenvalue weighted by Gasteiger charge is -2.51. The van der Waals surface area contributed by atoms with Gasteiger partial charge in [0.15, 0.2) is 5.41 Å². The highest BCUT2D eigenvalue weighted by molar-refractivity contribution is 5.84. The van der Waals surface area contributed by atoms with Crippen molar-refractivity contribution in [2.75, 3.05) is 0 Å². The van der Waals surface area contributed by atoms with Crippen LogP contribution in [0.4, 0.5) is 0 Å². The SMILES string of the molecule is CC(C)(C)C(=O)OC1C2CCCC3(C#N)C(=O)OC1C23. The van der Waals surface area contributed by atoms with E-state index < -0.39 is 22.9 Å². The first-order valence-corrected chi connectivity index (χ1v) is 7.15. The predicted molar refractivity (Wildman–Crippen MR) is 68.1 cm³/mol. The zero-order valence-electron chi connectivity index (χ0n) is 12.0. The molecule has 1 heterocycles. The lowest BCUT2D eigenvalue weighted by atomic mass is 9.52. The van der Waals surface area contributed by atoms with Crippen molar-refractivity contribution >= 4 is 11.9 Å². The Morgan fingerprint density at radius 3 is 2.80 bits per heavy atom. The summed E-state index contributed by atoms with van der Waals surface area (Å²) in [5.41, 5.74) is -1.56. The van der Waals surface area contributed by atoms with Gasteiger partial charge in [0.2, 0.25) is 0 Å². The average molecular weight is 277 g/mol. The first-order chi connectivity index (χ1) is 9.31. The van der Waals surface area contributed by atoms with Crippen molar-refractivity contribution in [1.82, 2.24) is 0 Å². The maximum Gasteiger partial charge on any atom is 0.327 e. The molecule has 5 unspecified atom stereocenters. The highest BCUT2D eigenvalue weighted by Crippen LogP contribution is 2.61. The minimum Gasteiger partial charge on any atom is -0.458 e. The maximum atomic E-state index is 12.0. The topological polar surface area (TPSA) is 76.4 Å². The Hall–Kier alpha value is -1.57. The molecule has 0 radical (unpaired) electrons. The number of hydrogen-bond donors (Lipinski definition) is 0. The number of rotatable bonds is 1. The summed E-state index contributed by atoms with van der Waals surface area (Å²) in [5, 5.41) is 9.40. The molecule has 1 aliphatic heterocycles. The van der Waals surface area contributed by atoms with Crippen molar-refractivity contribution < 1.29 is 19.1 Å². The van der Waals surface area contributed by atoms with Gasteiger partial charge in [-0.3, -0.25) is 9.59 Å². The highest BCUT2D eigenvalue weighted by Gasteiger charge is 2.72. The number of carbonyl (C=O) groups excluding carboxylic acids is 2. The van der Waals surface area contributed by atoms with Crippen LogP contribution in [0.5, 0.6) is 0 Å². The Morgan fingerprint density at radius 1 is 1.50 bits per heavy atom.